The van der Waals surface area contributed by atoms with Crippen molar-refractivity contribution in [2.45, 2.75) is 25.9 Å². The summed E-state index contributed by atoms with van der Waals surface area (Å²) in [5.41, 5.74) is 6.98. The summed E-state index contributed by atoms with van der Waals surface area (Å²) in [5.74, 6) is -0.676. The second-order valence-electron chi connectivity index (χ2n) is 5.02. The van der Waals surface area contributed by atoms with Crippen LogP contribution in [0.3, 0.4) is 0 Å². The molecule has 0 bridgehead atoms. The van der Waals surface area contributed by atoms with Gasteiger partial charge in [0.2, 0.25) is 0 Å². The van der Waals surface area contributed by atoms with Gasteiger partial charge in [-0.25, -0.2) is 0 Å². The number of rotatable bonds is 3. The van der Waals surface area contributed by atoms with Crippen LogP contribution < -0.4 is 15.4 Å². The van der Waals surface area contributed by atoms with Crippen LogP contribution in [0, 0.1) is 5.92 Å². The van der Waals surface area contributed by atoms with E-state index in [1.165, 1.54) is 0 Å². The summed E-state index contributed by atoms with van der Waals surface area (Å²) in [6.45, 7) is 2.94. The molecule has 2 rings (SSSR count). The molecule has 1 atom stereocenters. The minimum Gasteiger partial charge on any atom is -0.494 e. The van der Waals surface area contributed by atoms with Gasteiger partial charge in [0.15, 0.2) is 0 Å². The first-order valence-electron chi connectivity index (χ1n) is 6.75. The predicted octanol–water partition coefficient (Wildman–Crippen LogP) is 3.45. The summed E-state index contributed by atoms with van der Waals surface area (Å²) in [6, 6.07) is 5.12. The average molecular weight is 288 g/mol. The molecule has 0 amide bonds. The first-order chi connectivity index (χ1) is 9.40. The Hall–Kier alpha value is -1.59. The van der Waals surface area contributed by atoms with Crippen LogP contribution in [-0.4, -0.2) is 25.9 Å². The average Bonchev–Trinajstić information content (AvgIpc) is 2.37. The highest BCUT2D eigenvalue weighted by molar-refractivity contribution is 5.60. The van der Waals surface area contributed by atoms with Gasteiger partial charge in [-0.1, -0.05) is 0 Å². The van der Waals surface area contributed by atoms with E-state index in [0.717, 1.165) is 0 Å². The minimum absolute atomic E-state index is 0.0154. The second kappa shape index (κ2) is 5.81. The van der Waals surface area contributed by atoms with Crippen molar-refractivity contribution in [2.75, 3.05) is 30.3 Å². The lowest BCUT2D eigenvalue weighted by molar-refractivity contribution is -0.175. The first-order valence-corrected chi connectivity index (χ1v) is 6.75. The fourth-order valence-corrected chi connectivity index (χ4v) is 2.52. The van der Waals surface area contributed by atoms with Gasteiger partial charge in [0.25, 0.3) is 0 Å². The molecule has 0 aromatic heterocycles. The van der Waals surface area contributed by atoms with Crippen LogP contribution in [-0.2, 0) is 0 Å². The van der Waals surface area contributed by atoms with Crippen molar-refractivity contribution in [3.63, 3.8) is 0 Å². The molecule has 0 radical (unpaired) electrons. The fraction of sp³-hybridized carbons (Fsp3) is 0.571. The topological polar surface area (TPSA) is 38.5 Å². The Kier molecular flexibility index (Phi) is 4.30. The lowest BCUT2D eigenvalue weighted by atomic mass is 9.97. The van der Waals surface area contributed by atoms with Gasteiger partial charge in [0, 0.05) is 36.6 Å². The van der Waals surface area contributed by atoms with Crippen molar-refractivity contribution in [3.8, 4) is 5.75 Å². The van der Waals surface area contributed by atoms with Crippen LogP contribution in [0.15, 0.2) is 18.2 Å². The van der Waals surface area contributed by atoms with E-state index < -0.39 is 12.1 Å². The maximum absolute atomic E-state index is 12.8. The number of hydrogen-bond acceptors (Lipinski definition) is 3. The van der Waals surface area contributed by atoms with E-state index in [0.29, 0.717) is 36.7 Å². The molecule has 1 aromatic rings. The third-order valence-electron chi connectivity index (χ3n) is 3.47. The van der Waals surface area contributed by atoms with Crippen LogP contribution in [0.5, 0.6) is 5.75 Å². The van der Waals surface area contributed by atoms with Gasteiger partial charge in [-0.15, -0.1) is 0 Å². The number of benzene rings is 1. The molecule has 0 aliphatic carbocycles. The summed E-state index contributed by atoms with van der Waals surface area (Å²) >= 11 is 0. The predicted molar refractivity (Wildman–Crippen MR) is 73.0 cm³/mol. The Balaban J connectivity index is 2.18. The van der Waals surface area contributed by atoms with E-state index in [1.54, 1.807) is 23.1 Å². The molecule has 1 aromatic carbocycles. The van der Waals surface area contributed by atoms with E-state index in [-0.39, 0.29) is 13.0 Å². The molecule has 1 heterocycles. The molecule has 20 heavy (non-hydrogen) atoms. The van der Waals surface area contributed by atoms with E-state index >= 15 is 0 Å². The van der Waals surface area contributed by atoms with Gasteiger partial charge in [-0.2, -0.15) is 13.2 Å². The monoisotopic (exact) mass is 288 g/mol. The number of nitrogens with zero attached hydrogens (tertiary/aromatic N) is 1. The van der Waals surface area contributed by atoms with E-state index in [1.807, 2.05) is 6.92 Å². The van der Waals surface area contributed by atoms with Gasteiger partial charge >= 0.3 is 6.18 Å². The van der Waals surface area contributed by atoms with Crippen LogP contribution in [0.2, 0.25) is 0 Å². The van der Waals surface area contributed by atoms with Crippen molar-refractivity contribution < 1.29 is 17.9 Å². The molecule has 1 unspecified atom stereocenters. The molecule has 1 saturated heterocycles. The number of ether oxygens (including phenoxy) is 1. The van der Waals surface area contributed by atoms with E-state index in [4.69, 9.17) is 10.5 Å². The third-order valence-corrected chi connectivity index (χ3v) is 3.47. The zero-order valence-corrected chi connectivity index (χ0v) is 11.4. The van der Waals surface area contributed by atoms with Crippen LogP contribution >= 0.6 is 0 Å². The Morgan fingerprint density at radius 3 is 2.75 bits per heavy atom. The Labute approximate surface area is 116 Å². The Morgan fingerprint density at radius 1 is 1.35 bits per heavy atom. The lowest BCUT2D eigenvalue weighted by Gasteiger charge is -2.35. The molecular formula is C14H19F3N2O. The maximum Gasteiger partial charge on any atom is 0.393 e. The summed E-state index contributed by atoms with van der Waals surface area (Å²) in [7, 11) is 0. The lowest BCUT2D eigenvalue weighted by Crippen LogP contribution is -2.41. The molecule has 1 aliphatic heterocycles. The Morgan fingerprint density at radius 2 is 2.10 bits per heavy atom. The Bertz CT molecular complexity index is 462. The molecule has 112 valence electrons. The zero-order valence-electron chi connectivity index (χ0n) is 11.4. The fourth-order valence-electron chi connectivity index (χ4n) is 2.52. The number of hydrogen-bond donors (Lipinski definition) is 1. The van der Waals surface area contributed by atoms with E-state index in [2.05, 4.69) is 0 Å². The largest absolute Gasteiger partial charge is 0.494 e. The SMILES string of the molecule is CCOc1cc(N)cc(N2CCCC(C(F)(F)F)C2)c1. The third kappa shape index (κ3) is 3.49. The van der Waals surface area contributed by atoms with Crippen molar-refractivity contribution in [3.05, 3.63) is 18.2 Å². The molecule has 1 fully saturated rings. The second-order valence-corrected chi connectivity index (χ2v) is 5.02. The van der Waals surface area contributed by atoms with Crippen molar-refractivity contribution in [1.29, 1.82) is 0 Å². The molecule has 1 aliphatic rings. The molecule has 0 spiro atoms. The van der Waals surface area contributed by atoms with Crippen molar-refractivity contribution in [1.82, 2.24) is 0 Å². The van der Waals surface area contributed by atoms with Crippen molar-refractivity contribution >= 4 is 11.4 Å². The number of piperidine rings is 1. The maximum atomic E-state index is 12.8. The number of alkyl halides is 3. The van der Waals surface area contributed by atoms with Crippen molar-refractivity contribution in [2.24, 2.45) is 5.92 Å². The zero-order chi connectivity index (χ0) is 14.8. The summed E-state index contributed by atoms with van der Waals surface area (Å²) in [6.07, 6.45) is -3.41. The number of anilines is 2. The standard InChI is InChI=1S/C14H19F3N2O/c1-2-20-13-7-11(18)6-12(8-13)19-5-3-4-10(9-19)14(15,16)17/h6-8,10H,2-5,9,18H2,1H3. The summed E-state index contributed by atoms with van der Waals surface area (Å²) < 4.78 is 43.9. The molecular weight excluding hydrogens is 269 g/mol. The van der Waals surface area contributed by atoms with Crippen LogP contribution in [0.1, 0.15) is 19.8 Å². The van der Waals surface area contributed by atoms with Gasteiger partial charge in [0.05, 0.1) is 12.5 Å². The highest BCUT2D eigenvalue weighted by Gasteiger charge is 2.41. The van der Waals surface area contributed by atoms with Crippen LogP contribution in [0.25, 0.3) is 0 Å². The molecule has 6 heteroatoms. The normalized spacial score (nSPS) is 20.0. The highest BCUT2D eigenvalue weighted by Crippen LogP contribution is 2.36. The number of nitrogens with two attached hydrogens (primary N) is 1. The molecule has 0 saturated carbocycles. The smallest absolute Gasteiger partial charge is 0.393 e. The van der Waals surface area contributed by atoms with Gasteiger partial charge in [-0.05, 0) is 25.8 Å². The van der Waals surface area contributed by atoms with Crippen LogP contribution in [0.4, 0.5) is 24.5 Å². The quantitative estimate of drug-likeness (QED) is 0.866. The van der Waals surface area contributed by atoms with E-state index in [9.17, 15) is 13.2 Å². The van der Waals surface area contributed by atoms with Gasteiger partial charge in [-0.3, -0.25) is 0 Å². The minimum atomic E-state index is -4.14. The molecule has 3 nitrogen and oxygen atoms in total. The highest BCUT2D eigenvalue weighted by atomic mass is 19.4. The van der Waals surface area contributed by atoms with Gasteiger partial charge < -0.3 is 15.4 Å². The van der Waals surface area contributed by atoms with Gasteiger partial charge in [0.1, 0.15) is 5.75 Å². The summed E-state index contributed by atoms with van der Waals surface area (Å²) in [5, 5.41) is 0. The summed E-state index contributed by atoms with van der Waals surface area (Å²) in [4.78, 5) is 1.74. The first kappa shape index (κ1) is 14.8. The molecule has 2 N–H and O–H groups in total. The number of nitrogen functional groups attached to an aromatic ring is 1. The number of halogens is 3.